The van der Waals surface area contributed by atoms with Gasteiger partial charge in [0.15, 0.2) is 0 Å². The predicted octanol–water partition coefficient (Wildman–Crippen LogP) is 6.14. The van der Waals surface area contributed by atoms with Gasteiger partial charge in [-0.15, -0.1) is 11.3 Å². The van der Waals surface area contributed by atoms with Crippen molar-refractivity contribution < 1.29 is 4.79 Å². The van der Waals surface area contributed by atoms with Gasteiger partial charge in [-0.2, -0.15) is 0 Å². The lowest BCUT2D eigenvalue weighted by Crippen LogP contribution is -2.45. The number of carbonyl (C=O) groups excluding carboxylic acids is 1. The van der Waals surface area contributed by atoms with Crippen molar-refractivity contribution in [3.8, 4) is 0 Å². The maximum absolute atomic E-state index is 11.0. The number of hydrogen-bond acceptors (Lipinski definition) is 3. The molecule has 0 aliphatic heterocycles. The molecular weight excluding hydrogens is 376 g/mol. The van der Waals surface area contributed by atoms with Crippen molar-refractivity contribution in [2.24, 2.45) is 0 Å². The van der Waals surface area contributed by atoms with E-state index in [1.165, 1.54) is 48.1 Å². The Hall–Kier alpha value is -1.65. The van der Waals surface area contributed by atoms with Gasteiger partial charge in [-0.25, -0.2) is 0 Å². The number of amides is 1. The lowest BCUT2D eigenvalue weighted by Gasteiger charge is -2.39. The number of hydrogen-bond donors (Lipinski definition) is 2. The van der Waals surface area contributed by atoms with Gasteiger partial charge in [-0.1, -0.05) is 63.4 Å². The molecule has 1 aliphatic carbocycles. The molecule has 2 N–H and O–H groups in total. The predicted molar refractivity (Wildman–Crippen MR) is 126 cm³/mol. The maximum Gasteiger partial charge on any atom is 0.216 e. The second-order valence-electron chi connectivity index (χ2n) is 8.41. The molecule has 1 saturated carbocycles. The Morgan fingerprint density at radius 1 is 1.10 bits per heavy atom. The molecule has 3 nitrogen and oxygen atoms in total. The van der Waals surface area contributed by atoms with E-state index in [4.69, 9.17) is 0 Å². The van der Waals surface area contributed by atoms with Crippen LogP contribution in [0, 0.1) is 6.92 Å². The quantitative estimate of drug-likeness (QED) is 0.534. The van der Waals surface area contributed by atoms with Crippen molar-refractivity contribution in [2.45, 2.75) is 77.7 Å². The highest BCUT2D eigenvalue weighted by Crippen LogP contribution is 2.38. The molecule has 1 aromatic carbocycles. The van der Waals surface area contributed by atoms with Crippen LogP contribution in [-0.2, 0) is 10.3 Å². The van der Waals surface area contributed by atoms with E-state index in [1.54, 1.807) is 18.3 Å². The number of benzene rings is 1. The molecule has 1 amide bonds. The Morgan fingerprint density at radius 3 is 2.41 bits per heavy atom. The lowest BCUT2D eigenvalue weighted by atomic mass is 9.75. The molecule has 1 heterocycles. The molecule has 2 aromatic rings. The van der Waals surface area contributed by atoms with Gasteiger partial charge in [-0.05, 0) is 61.2 Å². The first kappa shape index (κ1) is 23.6. The second-order valence-corrected chi connectivity index (χ2v) is 9.56. The highest BCUT2D eigenvalue weighted by Gasteiger charge is 2.33. The number of aryl methyl sites for hydroxylation is 1. The summed E-state index contributed by atoms with van der Waals surface area (Å²) in [5.74, 6) is 0.623. The Kier molecular flexibility index (Phi) is 9.89. The van der Waals surface area contributed by atoms with E-state index in [-0.39, 0.29) is 11.4 Å². The molecule has 0 saturated heterocycles. The first-order valence-corrected chi connectivity index (χ1v) is 11.9. The van der Waals surface area contributed by atoms with Gasteiger partial charge < -0.3 is 10.6 Å². The standard InChI is InChI=1S/C20H32N2O.C5H6S/c1-16(2)18-9-7-10-19(15-18)20(11-5-4-6-12-20)22-14-8-13-21-17(3)23;1-5-3-2-4-6-5/h7,9-10,15-16,22H,4-6,8,11-14H2,1-3H3,(H,21,23);2-4H,1H3. The van der Waals surface area contributed by atoms with Crippen LogP contribution in [0.25, 0.3) is 0 Å². The third kappa shape index (κ3) is 7.94. The number of rotatable bonds is 7. The molecular formula is C25H38N2OS. The van der Waals surface area contributed by atoms with Crippen LogP contribution < -0.4 is 10.6 Å². The summed E-state index contributed by atoms with van der Waals surface area (Å²) in [5, 5.41) is 8.80. The molecule has 0 bridgehead atoms. The number of carbonyl (C=O) groups is 1. The Balaban J connectivity index is 0.000000426. The van der Waals surface area contributed by atoms with Crippen molar-refractivity contribution in [1.82, 2.24) is 10.6 Å². The molecule has 1 aromatic heterocycles. The molecule has 1 aliphatic rings. The zero-order valence-corrected chi connectivity index (χ0v) is 19.4. The first-order chi connectivity index (χ1) is 13.9. The molecule has 0 unspecified atom stereocenters. The van der Waals surface area contributed by atoms with Gasteiger partial charge in [0.1, 0.15) is 0 Å². The van der Waals surface area contributed by atoms with Gasteiger partial charge in [0.05, 0.1) is 0 Å². The summed E-state index contributed by atoms with van der Waals surface area (Å²) in [4.78, 5) is 12.3. The van der Waals surface area contributed by atoms with Crippen LogP contribution in [0.15, 0.2) is 41.8 Å². The van der Waals surface area contributed by atoms with Crippen LogP contribution in [0.2, 0.25) is 0 Å². The van der Waals surface area contributed by atoms with Gasteiger partial charge in [0, 0.05) is 23.9 Å². The summed E-state index contributed by atoms with van der Waals surface area (Å²) in [6.45, 7) is 9.90. The van der Waals surface area contributed by atoms with Crippen LogP contribution in [0.3, 0.4) is 0 Å². The molecule has 0 radical (unpaired) electrons. The van der Waals surface area contributed by atoms with Crippen LogP contribution in [0.1, 0.15) is 81.2 Å². The van der Waals surface area contributed by atoms with Gasteiger partial charge in [0.25, 0.3) is 0 Å². The van der Waals surface area contributed by atoms with Crippen molar-refractivity contribution in [1.29, 1.82) is 0 Å². The average molecular weight is 415 g/mol. The fraction of sp³-hybridized carbons (Fsp3) is 0.560. The minimum Gasteiger partial charge on any atom is -0.356 e. The van der Waals surface area contributed by atoms with Crippen LogP contribution in [0.5, 0.6) is 0 Å². The average Bonchev–Trinajstić information content (AvgIpc) is 3.20. The second kappa shape index (κ2) is 12.1. The maximum atomic E-state index is 11.0. The third-order valence-corrected chi connectivity index (χ3v) is 6.47. The highest BCUT2D eigenvalue weighted by atomic mass is 32.1. The monoisotopic (exact) mass is 414 g/mol. The minimum atomic E-state index is 0.0574. The van der Waals surface area contributed by atoms with E-state index in [0.717, 1.165) is 19.5 Å². The zero-order valence-electron chi connectivity index (χ0n) is 18.6. The fourth-order valence-electron chi connectivity index (χ4n) is 3.96. The van der Waals surface area contributed by atoms with Crippen molar-refractivity contribution in [3.05, 3.63) is 57.8 Å². The Labute approximate surface area is 181 Å². The van der Waals surface area contributed by atoms with Gasteiger partial charge in [0.2, 0.25) is 5.91 Å². The number of nitrogens with one attached hydrogen (secondary N) is 2. The van der Waals surface area contributed by atoms with Crippen LogP contribution in [0.4, 0.5) is 0 Å². The third-order valence-electron chi connectivity index (χ3n) is 5.67. The molecule has 1 fully saturated rings. The summed E-state index contributed by atoms with van der Waals surface area (Å²) in [5.41, 5.74) is 3.00. The molecule has 3 rings (SSSR count). The van der Waals surface area contributed by atoms with E-state index in [2.05, 4.69) is 73.2 Å². The minimum absolute atomic E-state index is 0.0574. The van der Waals surface area contributed by atoms with Gasteiger partial charge in [-0.3, -0.25) is 4.79 Å². The summed E-state index contributed by atoms with van der Waals surface area (Å²) >= 11 is 1.78. The van der Waals surface area contributed by atoms with E-state index >= 15 is 0 Å². The highest BCUT2D eigenvalue weighted by molar-refractivity contribution is 7.09. The lowest BCUT2D eigenvalue weighted by molar-refractivity contribution is -0.118. The molecule has 160 valence electrons. The smallest absolute Gasteiger partial charge is 0.216 e. The normalized spacial score (nSPS) is 15.5. The van der Waals surface area contributed by atoms with Crippen molar-refractivity contribution in [2.75, 3.05) is 13.1 Å². The molecule has 29 heavy (non-hydrogen) atoms. The molecule has 0 spiro atoms. The van der Waals surface area contributed by atoms with Crippen molar-refractivity contribution >= 4 is 17.2 Å². The first-order valence-electron chi connectivity index (χ1n) is 11.0. The summed E-state index contributed by atoms with van der Waals surface area (Å²) < 4.78 is 0. The Bertz CT molecular complexity index is 718. The van der Waals surface area contributed by atoms with E-state index < -0.39 is 0 Å². The topological polar surface area (TPSA) is 41.1 Å². The zero-order chi connectivity index (χ0) is 21.1. The van der Waals surface area contributed by atoms with Gasteiger partial charge >= 0.3 is 0 Å². The summed E-state index contributed by atoms with van der Waals surface area (Å²) in [7, 11) is 0. The van der Waals surface area contributed by atoms with E-state index in [1.807, 2.05) is 0 Å². The summed E-state index contributed by atoms with van der Waals surface area (Å²) in [6, 6.07) is 13.3. The van der Waals surface area contributed by atoms with Crippen LogP contribution >= 0.6 is 11.3 Å². The number of thiophene rings is 1. The SMILES string of the molecule is CC(=O)NCCCNC1(c2cccc(C(C)C)c2)CCCCC1.Cc1cccs1. The molecule has 4 heteroatoms. The van der Waals surface area contributed by atoms with Crippen LogP contribution in [-0.4, -0.2) is 19.0 Å². The Morgan fingerprint density at radius 2 is 1.86 bits per heavy atom. The molecule has 0 atom stereocenters. The van der Waals surface area contributed by atoms with Crippen molar-refractivity contribution in [3.63, 3.8) is 0 Å². The van der Waals surface area contributed by atoms with E-state index in [0.29, 0.717) is 5.92 Å². The van der Waals surface area contributed by atoms with E-state index in [9.17, 15) is 4.79 Å². The summed E-state index contributed by atoms with van der Waals surface area (Å²) in [6.07, 6.45) is 7.35. The largest absolute Gasteiger partial charge is 0.356 e. The fourth-order valence-corrected chi connectivity index (χ4v) is 4.49.